The summed E-state index contributed by atoms with van der Waals surface area (Å²) < 4.78 is 5.52. The van der Waals surface area contributed by atoms with Crippen LogP contribution in [0.4, 0.5) is 4.79 Å². The van der Waals surface area contributed by atoms with E-state index in [4.69, 9.17) is 9.84 Å². The Bertz CT molecular complexity index is 1180. The number of rotatable bonds is 7. The van der Waals surface area contributed by atoms with E-state index >= 15 is 0 Å². The molecular weight excluding hydrogens is 432 g/mol. The van der Waals surface area contributed by atoms with Crippen LogP contribution in [-0.2, 0) is 16.1 Å². The van der Waals surface area contributed by atoms with E-state index in [1.165, 1.54) is 17.0 Å². The molecule has 0 aliphatic heterocycles. The van der Waals surface area contributed by atoms with Crippen molar-refractivity contribution in [2.24, 2.45) is 0 Å². The number of alkyl carbamates (subject to hydrolysis) is 1. The Morgan fingerprint density at radius 3 is 2.06 bits per heavy atom. The molecule has 0 radical (unpaired) electrons. The lowest BCUT2D eigenvalue weighted by Crippen LogP contribution is -2.45. The van der Waals surface area contributed by atoms with Crippen molar-refractivity contribution < 1.29 is 24.2 Å². The summed E-state index contributed by atoms with van der Waals surface area (Å²) in [5, 5.41) is 11.6. The van der Waals surface area contributed by atoms with Gasteiger partial charge in [-0.2, -0.15) is 0 Å². The molecule has 3 aromatic carbocycles. The van der Waals surface area contributed by atoms with Gasteiger partial charge in [0.2, 0.25) is 5.91 Å². The molecule has 2 N–H and O–H groups in total. The number of ether oxygens (including phenoxy) is 1. The quantitative estimate of drug-likeness (QED) is 0.551. The number of nitrogens with zero attached hydrogens (tertiary/aromatic N) is 1. The predicted octanol–water partition coefficient (Wildman–Crippen LogP) is 4.27. The van der Waals surface area contributed by atoms with E-state index in [9.17, 15) is 14.4 Å². The zero-order chi connectivity index (χ0) is 24.2. The molecule has 0 saturated carbocycles. The number of nitrogens with one attached hydrogen (secondary N) is 1. The molecule has 1 aliphatic rings. The molecular formula is C27H26N2O5. The van der Waals surface area contributed by atoms with Gasteiger partial charge in [-0.3, -0.25) is 4.79 Å². The van der Waals surface area contributed by atoms with Gasteiger partial charge in [-0.1, -0.05) is 60.7 Å². The number of carboxylic acid groups (broad SMARTS) is 1. The maximum atomic E-state index is 12.7. The van der Waals surface area contributed by atoms with Crippen molar-refractivity contribution in [1.82, 2.24) is 10.2 Å². The van der Waals surface area contributed by atoms with Crippen molar-refractivity contribution >= 4 is 18.0 Å². The molecule has 34 heavy (non-hydrogen) atoms. The number of benzene rings is 3. The maximum absolute atomic E-state index is 12.7. The van der Waals surface area contributed by atoms with Crippen LogP contribution in [-0.4, -0.2) is 47.7 Å². The van der Waals surface area contributed by atoms with Crippen molar-refractivity contribution in [1.29, 1.82) is 0 Å². The van der Waals surface area contributed by atoms with Gasteiger partial charge in [-0.25, -0.2) is 9.59 Å². The zero-order valence-corrected chi connectivity index (χ0v) is 19.0. The Kier molecular flexibility index (Phi) is 6.63. The van der Waals surface area contributed by atoms with Crippen LogP contribution < -0.4 is 5.32 Å². The molecule has 174 valence electrons. The van der Waals surface area contributed by atoms with E-state index in [0.29, 0.717) is 0 Å². The molecule has 0 heterocycles. The van der Waals surface area contributed by atoms with Gasteiger partial charge in [-0.15, -0.1) is 0 Å². The lowest BCUT2D eigenvalue weighted by atomic mass is 9.98. The monoisotopic (exact) mass is 458 g/mol. The molecule has 7 heteroatoms. The average molecular weight is 459 g/mol. The highest BCUT2D eigenvalue weighted by molar-refractivity contribution is 5.87. The number of carbonyl (C=O) groups excluding carboxylic acids is 2. The first kappa shape index (κ1) is 23.0. The van der Waals surface area contributed by atoms with E-state index in [2.05, 4.69) is 17.4 Å². The molecule has 0 spiro atoms. The van der Waals surface area contributed by atoms with E-state index in [0.717, 1.165) is 27.8 Å². The summed E-state index contributed by atoms with van der Waals surface area (Å²) in [7, 11) is 1.63. The SMILES string of the molecule is C[C@H](NC(=O)OCC1c2ccccc2-c2ccccc21)C(=O)N(C)Cc1ccc(C(=O)O)cc1. The second-order valence-corrected chi connectivity index (χ2v) is 8.39. The zero-order valence-electron chi connectivity index (χ0n) is 19.0. The van der Waals surface area contributed by atoms with Crippen LogP contribution >= 0.6 is 0 Å². The van der Waals surface area contributed by atoms with Gasteiger partial charge in [-0.05, 0) is 46.9 Å². The number of likely N-dealkylation sites (N-methyl/N-ethyl adjacent to an activating group) is 1. The van der Waals surface area contributed by atoms with Gasteiger partial charge >= 0.3 is 12.1 Å². The Morgan fingerprint density at radius 1 is 0.941 bits per heavy atom. The molecule has 3 aromatic rings. The lowest BCUT2D eigenvalue weighted by Gasteiger charge is -2.22. The number of fused-ring (bicyclic) bond motifs is 3. The van der Waals surface area contributed by atoms with Crippen molar-refractivity contribution in [2.45, 2.75) is 25.4 Å². The van der Waals surface area contributed by atoms with Crippen LogP contribution in [0, 0.1) is 0 Å². The molecule has 0 fully saturated rings. The summed E-state index contributed by atoms with van der Waals surface area (Å²) in [6, 6.07) is 21.7. The van der Waals surface area contributed by atoms with Crippen molar-refractivity contribution in [3.8, 4) is 11.1 Å². The Labute approximate surface area is 198 Å². The summed E-state index contributed by atoms with van der Waals surface area (Å²) in [5.41, 5.74) is 5.50. The minimum absolute atomic E-state index is 0.0550. The molecule has 1 aliphatic carbocycles. The first-order chi connectivity index (χ1) is 16.3. The fourth-order valence-corrected chi connectivity index (χ4v) is 4.31. The van der Waals surface area contributed by atoms with E-state index in [-0.39, 0.29) is 30.5 Å². The smallest absolute Gasteiger partial charge is 0.407 e. The van der Waals surface area contributed by atoms with Gasteiger partial charge in [0.05, 0.1) is 5.56 Å². The number of carbonyl (C=O) groups is 3. The number of aromatic carboxylic acids is 1. The van der Waals surface area contributed by atoms with Crippen molar-refractivity contribution in [2.75, 3.05) is 13.7 Å². The Morgan fingerprint density at radius 2 is 1.50 bits per heavy atom. The van der Waals surface area contributed by atoms with E-state index < -0.39 is 18.1 Å². The van der Waals surface area contributed by atoms with E-state index in [1.54, 1.807) is 26.1 Å². The van der Waals surface area contributed by atoms with Gasteiger partial charge in [0.15, 0.2) is 0 Å². The number of amides is 2. The predicted molar refractivity (Wildman–Crippen MR) is 128 cm³/mol. The Hall–Kier alpha value is -4.13. The van der Waals surface area contributed by atoms with Crippen LogP contribution in [0.3, 0.4) is 0 Å². The molecule has 1 atom stereocenters. The molecule has 0 aromatic heterocycles. The third kappa shape index (κ3) is 4.78. The highest BCUT2D eigenvalue weighted by Gasteiger charge is 2.29. The normalized spacial score (nSPS) is 12.9. The molecule has 7 nitrogen and oxygen atoms in total. The summed E-state index contributed by atoms with van der Waals surface area (Å²) >= 11 is 0. The fourth-order valence-electron chi connectivity index (χ4n) is 4.31. The third-order valence-electron chi connectivity index (χ3n) is 6.05. The van der Waals surface area contributed by atoms with Crippen LogP contribution in [0.15, 0.2) is 72.8 Å². The van der Waals surface area contributed by atoms with Crippen molar-refractivity contribution in [3.05, 3.63) is 95.1 Å². The third-order valence-corrected chi connectivity index (χ3v) is 6.05. The molecule has 0 saturated heterocycles. The van der Waals surface area contributed by atoms with Crippen LogP contribution in [0.5, 0.6) is 0 Å². The largest absolute Gasteiger partial charge is 0.478 e. The van der Waals surface area contributed by atoms with Gasteiger partial charge in [0.25, 0.3) is 0 Å². The van der Waals surface area contributed by atoms with Crippen LogP contribution in [0.25, 0.3) is 11.1 Å². The highest BCUT2D eigenvalue weighted by Crippen LogP contribution is 2.44. The minimum atomic E-state index is -1.00. The lowest BCUT2D eigenvalue weighted by molar-refractivity contribution is -0.132. The van der Waals surface area contributed by atoms with Crippen LogP contribution in [0.2, 0.25) is 0 Å². The first-order valence-electron chi connectivity index (χ1n) is 11.0. The second-order valence-electron chi connectivity index (χ2n) is 8.39. The minimum Gasteiger partial charge on any atom is -0.478 e. The summed E-state index contributed by atoms with van der Waals surface area (Å²) in [4.78, 5) is 37.6. The fraction of sp³-hybridized carbons (Fsp3) is 0.222. The first-order valence-corrected chi connectivity index (χ1v) is 11.0. The average Bonchev–Trinajstić information content (AvgIpc) is 3.16. The van der Waals surface area contributed by atoms with Gasteiger partial charge in [0.1, 0.15) is 12.6 Å². The number of carboxylic acids is 1. The maximum Gasteiger partial charge on any atom is 0.407 e. The molecule has 0 unspecified atom stereocenters. The summed E-state index contributed by atoms with van der Waals surface area (Å²) in [5.74, 6) is -1.34. The summed E-state index contributed by atoms with van der Waals surface area (Å²) in [6.45, 7) is 2.07. The molecule has 0 bridgehead atoms. The molecule has 2 amide bonds. The number of hydrogen-bond donors (Lipinski definition) is 2. The standard InChI is InChI=1S/C27H26N2O5/c1-17(25(30)29(2)15-18-11-13-19(14-12-18)26(31)32)28-27(33)34-16-24-22-9-5-3-7-20(22)21-8-4-6-10-23(21)24/h3-14,17,24H,15-16H2,1-2H3,(H,28,33)(H,31,32)/t17-/m0/s1. The summed E-state index contributed by atoms with van der Waals surface area (Å²) in [6.07, 6.45) is -0.651. The van der Waals surface area contributed by atoms with Gasteiger partial charge in [0, 0.05) is 19.5 Å². The second kappa shape index (κ2) is 9.79. The van der Waals surface area contributed by atoms with Crippen molar-refractivity contribution in [3.63, 3.8) is 0 Å². The Balaban J connectivity index is 1.32. The highest BCUT2D eigenvalue weighted by atomic mass is 16.5. The number of hydrogen-bond acceptors (Lipinski definition) is 4. The van der Waals surface area contributed by atoms with Crippen LogP contribution in [0.1, 0.15) is 39.9 Å². The van der Waals surface area contributed by atoms with E-state index in [1.807, 2.05) is 36.4 Å². The van der Waals surface area contributed by atoms with Gasteiger partial charge < -0.3 is 20.1 Å². The molecule has 4 rings (SSSR count). The topological polar surface area (TPSA) is 95.9 Å².